The van der Waals surface area contributed by atoms with Crippen LogP contribution < -0.4 is 4.74 Å². The highest BCUT2D eigenvalue weighted by molar-refractivity contribution is 5.85. The third-order valence-electron chi connectivity index (χ3n) is 2.71. The van der Waals surface area contributed by atoms with Crippen LogP contribution in [0.2, 0.25) is 0 Å². The number of nitro groups is 1. The minimum atomic E-state index is -0.553. The Morgan fingerprint density at radius 1 is 1.25 bits per heavy atom. The van der Waals surface area contributed by atoms with Crippen LogP contribution in [0, 0.1) is 10.1 Å². The highest BCUT2D eigenvalue weighted by atomic mass is 16.6. The summed E-state index contributed by atoms with van der Waals surface area (Å²) in [5.74, 6) is -0.323. The summed E-state index contributed by atoms with van der Waals surface area (Å²) >= 11 is 0. The van der Waals surface area contributed by atoms with Crippen molar-refractivity contribution >= 4 is 17.4 Å². The zero-order chi connectivity index (χ0) is 15.1. The van der Waals surface area contributed by atoms with Gasteiger partial charge in [0.2, 0.25) is 0 Å². The highest BCUT2D eigenvalue weighted by Gasteiger charge is 2.18. The fraction of sp³-hybridized carbons (Fsp3) is 0.385. The first-order valence-electron chi connectivity index (χ1n) is 5.87. The maximum absolute atomic E-state index is 11.7. The molecule has 108 valence electrons. The van der Waals surface area contributed by atoms with Gasteiger partial charge in [0.25, 0.3) is 5.69 Å². The first kappa shape index (κ1) is 15.6. The first-order valence-corrected chi connectivity index (χ1v) is 5.87. The summed E-state index contributed by atoms with van der Waals surface area (Å²) in [5, 5.41) is 10.9. The van der Waals surface area contributed by atoms with Crippen LogP contribution in [0.5, 0.6) is 5.75 Å². The molecule has 0 aliphatic rings. The van der Waals surface area contributed by atoms with E-state index in [9.17, 15) is 19.7 Å². The van der Waals surface area contributed by atoms with Crippen molar-refractivity contribution in [2.45, 2.75) is 19.3 Å². The van der Waals surface area contributed by atoms with E-state index in [1.54, 1.807) is 0 Å². The number of methoxy groups -OCH3 is 2. The lowest BCUT2D eigenvalue weighted by Gasteiger charge is -2.05. The summed E-state index contributed by atoms with van der Waals surface area (Å²) in [6.45, 7) is 0. The molecule has 0 spiro atoms. The van der Waals surface area contributed by atoms with Gasteiger partial charge in [-0.05, 0) is 12.1 Å². The standard InChI is InChI=1S/C13H15NO6/c1-19-11-4-5-12(14(17)18)9(8-11)7-10(15)3-6-13(16)20-2/h4-5,8H,3,6-7H2,1-2H3. The Morgan fingerprint density at radius 2 is 1.95 bits per heavy atom. The molecule has 0 N–H and O–H groups in total. The van der Waals surface area contributed by atoms with Gasteiger partial charge < -0.3 is 9.47 Å². The molecule has 0 saturated carbocycles. The molecule has 20 heavy (non-hydrogen) atoms. The summed E-state index contributed by atoms with van der Waals surface area (Å²) in [6, 6.07) is 4.20. The van der Waals surface area contributed by atoms with E-state index in [0.717, 1.165) is 0 Å². The predicted octanol–water partition coefficient (Wildman–Crippen LogP) is 1.67. The average molecular weight is 281 g/mol. The Morgan fingerprint density at radius 3 is 2.50 bits per heavy atom. The second-order valence-electron chi connectivity index (χ2n) is 4.04. The molecule has 0 aliphatic heterocycles. The molecule has 0 unspecified atom stereocenters. The number of rotatable bonds is 7. The number of hydrogen-bond donors (Lipinski definition) is 0. The van der Waals surface area contributed by atoms with Crippen molar-refractivity contribution in [3.8, 4) is 5.75 Å². The number of carbonyl (C=O) groups excluding carboxylic acids is 2. The molecule has 0 amide bonds. The van der Waals surface area contributed by atoms with E-state index in [0.29, 0.717) is 5.75 Å². The fourth-order valence-corrected chi connectivity index (χ4v) is 1.65. The quantitative estimate of drug-likeness (QED) is 0.428. The Kier molecular flexibility index (Phi) is 5.64. The molecule has 1 rings (SSSR count). The number of hydrogen-bond acceptors (Lipinski definition) is 6. The van der Waals surface area contributed by atoms with E-state index in [1.807, 2.05) is 0 Å². The van der Waals surface area contributed by atoms with E-state index in [1.165, 1.54) is 32.4 Å². The molecule has 0 aromatic heterocycles. The number of nitrogens with zero attached hydrogens (tertiary/aromatic N) is 1. The molecule has 1 aromatic rings. The zero-order valence-electron chi connectivity index (χ0n) is 11.3. The van der Waals surface area contributed by atoms with Gasteiger partial charge >= 0.3 is 5.97 Å². The molecule has 0 fully saturated rings. The number of carbonyl (C=O) groups is 2. The van der Waals surface area contributed by atoms with Gasteiger partial charge in [-0.15, -0.1) is 0 Å². The topological polar surface area (TPSA) is 95.7 Å². The van der Waals surface area contributed by atoms with Crippen LogP contribution in [0.15, 0.2) is 18.2 Å². The van der Waals surface area contributed by atoms with Gasteiger partial charge in [0, 0.05) is 24.5 Å². The van der Waals surface area contributed by atoms with Gasteiger partial charge in [-0.25, -0.2) is 0 Å². The molecule has 7 heteroatoms. The van der Waals surface area contributed by atoms with E-state index >= 15 is 0 Å². The largest absolute Gasteiger partial charge is 0.497 e. The van der Waals surface area contributed by atoms with Crippen molar-refractivity contribution in [3.63, 3.8) is 0 Å². The summed E-state index contributed by atoms with van der Waals surface area (Å²) in [7, 11) is 2.67. The Balaban J connectivity index is 2.81. The molecular formula is C13H15NO6. The number of esters is 1. The molecule has 7 nitrogen and oxygen atoms in total. The predicted molar refractivity (Wildman–Crippen MR) is 69.6 cm³/mol. The lowest BCUT2D eigenvalue weighted by atomic mass is 10.0. The Bertz CT molecular complexity index is 526. The molecule has 0 aliphatic carbocycles. The van der Waals surface area contributed by atoms with Crippen LogP contribution in [-0.4, -0.2) is 30.9 Å². The van der Waals surface area contributed by atoms with Crippen molar-refractivity contribution in [2.24, 2.45) is 0 Å². The van der Waals surface area contributed by atoms with Crippen molar-refractivity contribution in [3.05, 3.63) is 33.9 Å². The summed E-state index contributed by atoms with van der Waals surface area (Å²) in [4.78, 5) is 33.0. The molecule has 1 aromatic carbocycles. The third kappa shape index (κ3) is 4.34. The fourth-order valence-electron chi connectivity index (χ4n) is 1.65. The summed E-state index contributed by atoms with van der Waals surface area (Å²) < 4.78 is 9.41. The van der Waals surface area contributed by atoms with Gasteiger partial charge in [0.05, 0.1) is 25.6 Å². The van der Waals surface area contributed by atoms with Crippen LogP contribution in [0.4, 0.5) is 5.69 Å². The number of ether oxygens (including phenoxy) is 2. The zero-order valence-corrected chi connectivity index (χ0v) is 11.3. The van der Waals surface area contributed by atoms with Crippen molar-refractivity contribution in [1.29, 1.82) is 0 Å². The van der Waals surface area contributed by atoms with Gasteiger partial charge in [0.1, 0.15) is 11.5 Å². The lowest BCUT2D eigenvalue weighted by molar-refractivity contribution is -0.385. The normalized spacial score (nSPS) is 9.90. The molecular weight excluding hydrogens is 266 g/mol. The molecule has 0 saturated heterocycles. The summed E-state index contributed by atoms with van der Waals surface area (Å²) in [6.07, 6.45) is -0.168. The number of nitro benzene ring substituents is 1. The van der Waals surface area contributed by atoms with E-state index in [2.05, 4.69) is 4.74 Å². The van der Waals surface area contributed by atoms with Crippen LogP contribution in [0.3, 0.4) is 0 Å². The number of ketones is 1. The van der Waals surface area contributed by atoms with Crippen molar-refractivity contribution < 1.29 is 24.0 Å². The molecule has 0 atom stereocenters. The SMILES string of the molecule is COC(=O)CCC(=O)Cc1cc(OC)ccc1[N+](=O)[O-]. The van der Waals surface area contributed by atoms with Gasteiger partial charge in [-0.1, -0.05) is 0 Å². The van der Waals surface area contributed by atoms with Crippen LogP contribution in [-0.2, 0) is 20.7 Å². The molecule has 0 radical (unpaired) electrons. The molecule has 0 bridgehead atoms. The maximum atomic E-state index is 11.7. The van der Waals surface area contributed by atoms with Crippen LogP contribution in [0.25, 0.3) is 0 Å². The average Bonchev–Trinajstić information content (AvgIpc) is 2.44. The second kappa shape index (κ2) is 7.22. The number of benzene rings is 1. The minimum absolute atomic E-state index is 0.0129. The smallest absolute Gasteiger partial charge is 0.305 e. The lowest BCUT2D eigenvalue weighted by Crippen LogP contribution is -2.09. The van der Waals surface area contributed by atoms with E-state index in [4.69, 9.17) is 4.74 Å². The van der Waals surface area contributed by atoms with Gasteiger partial charge in [-0.2, -0.15) is 0 Å². The second-order valence-corrected chi connectivity index (χ2v) is 4.04. The molecule has 0 heterocycles. The minimum Gasteiger partial charge on any atom is -0.497 e. The Hall–Kier alpha value is -2.44. The van der Waals surface area contributed by atoms with E-state index in [-0.39, 0.29) is 36.3 Å². The van der Waals surface area contributed by atoms with Crippen molar-refractivity contribution in [1.82, 2.24) is 0 Å². The van der Waals surface area contributed by atoms with Crippen LogP contribution in [0.1, 0.15) is 18.4 Å². The monoisotopic (exact) mass is 281 g/mol. The summed E-state index contributed by atoms with van der Waals surface area (Å²) in [5.41, 5.74) is 0.126. The Labute approximate surface area is 115 Å². The highest BCUT2D eigenvalue weighted by Crippen LogP contribution is 2.24. The van der Waals surface area contributed by atoms with Gasteiger partial charge in [0.15, 0.2) is 0 Å². The third-order valence-corrected chi connectivity index (χ3v) is 2.71. The van der Waals surface area contributed by atoms with E-state index < -0.39 is 10.9 Å². The van der Waals surface area contributed by atoms with Crippen molar-refractivity contribution in [2.75, 3.05) is 14.2 Å². The first-order chi connectivity index (χ1) is 9.47. The number of Topliss-reactive ketones (excluding diaryl/α,β-unsaturated/α-hetero) is 1. The van der Waals surface area contributed by atoms with Crippen LogP contribution >= 0.6 is 0 Å². The van der Waals surface area contributed by atoms with Gasteiger partial charge in [-0.3, -0.25) is 19.7 Å². The maximum Gasteiger partial charge on any atom is 0.305 e.